The molecule has 0 amide bonds. The Balaban J connectivity index is 0.000000479. The molecule has 4 nitrogen and oxygen atoms in total. The van der Waals surface area contributed by atoms with Gasteiger partial charge in [-0.05, 0) is 10.4 Å². The third-order valence-corrected chi connectivity index (χ3v) is 10.0. The quantitative estimate of drug-likeness (QED) is 0.355. The Hall–Kier alpha value is 0.671. The highest BCUT2D eigenvalue weighted by Gasteiger charge is 2.40. The molecule has 0 saturated carbocycles. The van der Waals surface area contributed by atoms with E-state index in [9.17, 15) is 0 Å². The van der Waals surface area contributed by atoms with Crippen LogP contribution in [0.3, 0.4) is 0 Å². The standard InChI is InChI=1S/C12H10Cl2Si.C4H12O4Si.Cl4Si/c13-15(14,11-7-3-1-4-8-11)12-9-5-2-6-10-12;1-5-9(6-2,7-3)8-4;1-5(2,3)4/h1-10H;1-4H3;. The highest BCUT2D eigenvalue weighted by molar-refractivity contribution is 7.81. The van der Waals surface area contributed by atoms with Gasteiger partial charge in [0.05, 0.1) is 0 Å². The maximum atomic E-state index is 6.49. The largest absolute Gasteiger partial charge is 0.678 e. The second kappa shape index (κ2) is 14.7. The summed E-state index contributed by atoms with van der Waals surface area (Å²) in [6.07, 6.45) is 0. The smallest absolute Gasteiger partial charge is 0.355 e. The van der Waals surface area contributed by atoms with Gasteiger partial charge in [0.25, 0.3) is 0 Å². The van der Waals surface area contributed by atoms with Crippen molar-refractivity contribution >= 4 is 97.9 Å². The molecule has 0 unspecified atom stereocenters. The van der Waals surface area contributed by atoms with Crippen molar-refractivity contribution in [2.45, 2.75) is 0 Å². The van der Waals surface area contributed by atoms with Crippen LogP contribution >= 0.6 is 66.5 Å². The van der Waals surface area contributed by atoms with Crippen molar-refractivity contribution in [1.82, 2.24) is 0 Å². The highest BCUT2D eigenvalue weighted by Crippen LogP contribution is 2.23. The molecule has 0 atom stereocenters. The van der Waals surface area contributed by atoms with E-state index in [1.54, 1.807) is 0 Å². The van der Waals surface area contributed by atoms with E-state index in [1.165, 1.54) is 28.4 Å². The molecule has 13 heteroatoms. The molecule has 0 spiro atoms. The molecule has 2 aromatic carbocycles. The Morgan fingerprint density at radius 1 is 0.517 bits per heavy atom. The summed E-state index contributed by atoms with van der Waals surface area (Å²) in [5.74, 6) is 0. The number of halogens is 6. The van der Waals surface area contributed by atoms with E-state index >= 15 is 0 Å². The predicted octanol–water partition coefficient (Wildman–Crippen LogP) is 5.11. The summed E-state index contributed by atoms with van der Waals surface area (Å²) >= 11 is 32.8. The van der Waals surface area contributed by atoms with Gasteiger partial charge in [-0.25, -0.2) is 0 Å². The van der Waals surface area contributed by atoms with Crippen LogP contribution in [0, 0.1) is 0 Å². The van der Waals surface area contributed by atoms with Gasteiger partial charge in [-0.15, -0.1) is 66.5 Å². The molecule has 0 aliphatic heterocycles. The summed E-state index contributed by atoms with van der Waals surface area (Å²) in [7, 11) is 3.26. The fourth-order valence-electron chi connectivity index (χ4n) is 1.96. The van der Waals surface area contributed by atoms with Crippen molar-refractivity contribution in [3.8, 4) is 0 Å². The summed E-state index contributed by atoms with van der Waals surface area (Å²) in [4.78, 5) is 0. The van der Waals surface area contributed by atoms with E-state index in [0.29, 0.717) is 0 Å². The van der Waals surface area contributed by atoms with Gasteiger partial charge in [-0.2, -0.15) is 0 Å². The van der Waals surface area contributed by atoms with Crippen LogP contribution in [0.25, 0.3) is 0 Å². The first-order chi connectivity index (χ1) is 13.5. The lowest BCUT2D eigenvalue weighted by atomic mass is 10.4. The van der Waals surface area contributed by atoms with Gasteiger partial charge >= 0.3 is 21.1 Å². The zero-order valence-electron chi connectivity index (χ0n) is 16.2. The SMILES string of the molecule is CO[Si](OC)(OC)OC.Cl[Si](Cl)(Cl)Cl.Cl[Si](Cl)(c1ccccc1)c1ccccc1. The molecule has 0 aliphatic rings. The minimum Gasteiger partial charge on any atom is -0.355 e. The topological polar surface area (TPSA) is 36.9 Å². The molecular weight excluding hydrogens is 553 g/mol. The molecule has 0 saturated heterocycles. The number of rotatable bonds is 6. The van der Waals surface area contributed by atoms with Crippen LogP contribution in [0.4, 0.5) is 0 Å². The summed E-state index contributed by atoms with van der Waals surface area (Å²) in [5, 5.41) is -0.668. The van der Waals surface area contributed by atoms with Crippen LogP contribution in [0.1, 0.15) is 0 Å². The molecule has 0 fully saturated rings. The second-order valence-corrected chi connectivity index (χ2v) is 25.1. The van der Waals surface area contributed by atoms with Gasteiger partial charge in [0.2, 0.25) is 0 Å². The molecular formula is C16H22Cl6O4Si3. The van der Waals surface area contributed by atoms with E-state index in [0.717, 1.165) is 10.4 Å². The Morgan fingerprint density at radius 2 is 0.759 bits per heavy atom. The Bertz CT molecular complexity index is 608. The lowest BCUT2D eigenvalue weighted by Crippen LogP contribution is -2.48. The first-order valence-corrected chi connectivity index (χ1v) is 19.6. The number of hydrogen-bond donors (Lipinski definition) is 0. The third-order valence-electron chi connectivity index (χ3n) is 3.27. The fourth-order valence-corrected chi connectivity index (χ4v) is 6.03. The lowest BCUT2D eigenvalue weighted by Gasteiger charge is -2.19. The van der Waals surface area contributed by atoms with Crippen LogP contribution in [-0.4, -0.2) is 49.5 Å². The van der Waals surface area contributed by atoms with E-state index in [-0.39, 0.29) is 0 Å². The zero-order chi connectivity index (χ0) is 22.6. The average Bonchev–Trinajstić information content (AvgIpc) is 2.71. The maximum absolute atomic E-state index is 6.49. The normalized spacial score (nSPS) is 11.7. The van der Waals surface area contributed by atoms with E-state index in [1.807, 2.05) is 60.7 Å². The maximum Gasteiger partial charge on any atom is 0.678 e. The molecule has 0 bridgehead atoms. The van der Waals surface area contributed by atoms with Crippen molar-refractivity contribution in [2.24, 2.45) is 0 Å². The molecule has 0 heterocycles. The Kier molecular flexibility index (Phi) is 15.0. The minimum absolute atomic E-state index is 1.03. The fraction of sp³-hybridized carbons (Fsp3) is 0.250. The summed E-state index contributed by atoms with van der Waals surface area (Å²) in [5.41, 5.74) is 0. The van der Waals surface area contributed by atoms with Crippen LogP contribution in [-0.2, 0) is 17.7 Å². The Labute approximate surface area is 203 Å². The van der Waals surface area contributed by atoms with Gasteiger partial charge in [0.1, 0.15) is 0 Å². The average molecular weight is 575 g/mol. The first-order valence-electron chi connectivity index (χ1n) is 7.90. The van der Waals surface area contributed by atoms with E-state index in [4.69, 9.17) is 84.2 Å². The minimum atomic E-state index is -2.72. The van der Waals surface area contributed by atoms with E-state index < -0.39 is 21.1 Å². The molecule has 0 aliphatic carbocycles. The number of hydrogen-bond acceptors (Lipinski definition) is 4. The van der Waals surface area contributed by atoms with Gasteiger partial charge in [-0.3, -0.25) is 0 Å². The summed E-state index contributed by atoms with van der Waals surface area (Å²) in [6.45, 7) is -2.51. The summed E-state index contributed by atoms with van der Waals surface area (Å²) in [6, 6.07) is 19.7. The molecule has 2 aromatic rings. The van der Waals surface area contributed by atoms with Gasteiger partial charge in [0.15, 0.2) is 0 Å². The van der Waals surface area contributed by atoms with Crippen molar-refractivity contribution < 1.29 is 17.7 Å². The van der Waals surface area contributed by atoms with E-state index in [2.05, 4.69) is 0 Å². The molecule has 0 N–H and O–H groups in total. The van der Waals surface area contributed by atoms with Crippen molar-refractivity contribution in [3.63, 3.8) is 0 Å². The number of benzene rings is 2. The van der Waals surface area contributed by atoms with Crippen LogP contribution in [0.5, 0.6) is 0 Å². The van der Waals surface area contributed by atoms with Crippen LogP contribution in [0.15, 0.2) is 60.7 Å². The van der Waals surface area contributed by atoms with Crippen molar-refractivity contribution in [1.29, 1.82) is 0 Å². The van der Waals surface area contributed by atoms with Gasteiger partial charge in [-0.1, -0.05) is 60.7 Å². The van der Waals surface area contributed by atoms with Crippen molar-refractivity contribution in [3.05, 3.63) is 60.7 Å². The Morgan fingerprint density at radius 3 is 0.931 bits per heavy atom. The molecule has 0 aromatic heterocycles. The molecule has 2 rings (SSSR count). The second-order valence-electron chi connectivity index (χ2n) is 5.05. The zero-order valence-corrected chi connectivity index (χ0v) is 23.7. The third kappa shape index (κ3) is 12.3. The monoisotopic (exact) mass is 572 g/mol. The summed E-state index contributed by atoms with van der Waals surface area (Å²) < 4.78 is 19.4. The molecule has 164 valence electrons. The molecule has 29 heavy (non-hydrogen) atoms. The highest BCUT2D eigenvalue weighted by atomic mass is 36.0. The van der Waals surface area contributed by atoms with Crippen molar-refractivity contribution in [2.75, 3.05) is 28.4 Å². The van der Waals surface area contributed by atoms with Crippen LogP contribution in [0.2, 0.25) is 0 Å². The van der Waals surface area contributed by atoms with Crippen LogP contribution < -0.4 is 10.4 Å². The first kappa shape index (κ1) is 29.7. The molecule has 0 radical (unpaired) electrons. The lowest BCUT2D eigenvalue weighted by molar-refractivity contribution is 0.0226. The van der Waals surface area contributed by atoms with Gasteiger partial charge < -0.3 is 17.7 Å². The van der Waals surface area contributed by atoms with Gasteiger partial charge in [0, 0.05) is 28.4 Å². The predicted molar refractivity (Wildman–Crippen MR) is 133 cm³/mol.